The van der Waals surface area contributed by atoms with Crippen LogP contribution in [-0.2, 0) is 11.3 Å². The van der Waals surface area contributed by atoms with Gasteiger partial charge in [-0.1, -0.05) is 30.3 Å². The summed E-state index contributed by atoms with van der Waals surface area (Å²) in [6.45, 7) is 0.257. The van der Waals surface area contributed by atoms with E-state index >= 15 is 0 Å². The van der Waals surface area contributed by atoms with Gasteiger partial charge >= 0.3 is 6.09 Å². The normalized spacial score (nSPS) is 22.5. The fourth-order valence-electron chi connectivity index (χ4n) is 4.58. The van der Waals surface area contributed by atoms with E-state index < -0.39 is 0 Å². The summed E-state index contributed by atoms with van der Waals surface area (Å²) in [4.78, 5) is 32.0. The van der Waals surface area contributed by atoms with Crippen molar-refractivity contribution in [2.24, 2.45) is 5.92 Å². The van der Waals surface area contributed by atoms with Crippen LogP contribution in [0.2, 0.25) is 0 Å². The van der Waals surface area contributed by atoms with Crippen LogP contribution in [0.25, 0.3) is 0 Å². The average Bonchev–Trinajstić information content (AvgIpc) is 3.06. The Bertz CT molecular complexity index is 903. The highest BCUT2D eigenvalue weighted by atomic mass is 16.6. The third-order valence-electron chi connectivity index (χ3n) is 6.02. The largest absolute Gasteiger partial charge is 0.481 e. The van der Waals surface area contributed by atoms with Gasteiger partial charge in [0.1, 0.15) is 6.61 Å². The second-order valence-electron chi connectivity index (χ2n) is 7.78. The molecule has 2 aliphatic heterocycles. The first-order valence-electron chi connectivity index (χ1n) is 10.2. The Kier molecular flexibility index (Phi) is 5.88. The smallest absolute Gasteiger partial charge is 0.410 e. The number of carbonyl (C=O) groups excluding carboxylic acids is 2. The maximum absolute atomic E-state index is 13.2. The number of methoxy groups -OCH3 is 2. The summed E-state index contributed by atoms with van der Waals surface area (Å²) in [7, 11) is 3.02. The molecular weight excluding hydrogens is 384 g/mol. The Morgan fingerprint density at radius 2 is 1.70 bits per heavy atom. The number of hydrogen-bond donors (Lipinski definition) is 0. The minimum absolute atomic E-state index is 0.0104. The SMILES string of the molecule is COc1ccc(C(=O)C2CC3CCC(C2)N3C(=O)OCc2ccccc2)c(OC)n1. The van der Waals surface area contributed by atoms with Gasteiger partial charge in [-0.3, -0.25) is 4.79 Å². The molecule has 0 aliphatic carbocycles. The van der Waals surface area contributed by atoms with E-state index in [4.69, 9.17) is 14.2 Å². The number of benzene rings is 1. The number of piperidine rings is 1. The van der Waals surface area contributed by atoms with E-state index in [1.54, 1.807) is 12.1 Å². The molecule has 7 heteroatoms. The van der Waals surface area contributed by atoms with E-state index in [0.717, 1.165) is 18.4 Å². The lowest BCUT2D eigenvalue weighted by atomic mass is 9.85. The van der Waals surface area contributed by atoms with E-state index in [2.05, 4.69) is 4.98 Å². The first-order chi connectivity index (χ1) is 14.6. The molecule has 0 radical (unpaired) electrons. The molecule has 1 aromatic carbocycles. The molecule has 2 atom stereocenters. The Morgan fingerprint density at radius 3 is 2.33 bits per heavy atom. The molecule has 2 aromatic rings. The van der Waals surface area contributed by atoms with Crippen molar-refractivity contribution in [3.05, 3.63) is 53.6 Å². The average molecular weight is 410 g/mol. The minimum Gasteiger partial charge on any atom is -0.481 e. The summed E-state index contributed by atoms with van der Waals surface area (Å²) < 4.78 is 16.0. The lowest BCUT2D eigenvalue weighted by molar-refractivity contribution is 0.0483. The van der Waals surface area contributed by atoms with Crippen LogP contribution >= 0.6 is 0 Å². The molecule has 0 spiro atoms. The van der Waals surface area contributed by atoms with Crippen LogP contribution in [0, 0.1) is 5.92 Å². The molecule has 2 bridgehead atoms. The number of aromatic nitrogens is 1. The van der Waals surface area contributed by atoms with Gasteiger partial charge in [0, 0.05) is 24.1 Å². The summed E-state index contributed by atoms with van der Waals surface area (Å²) in [5.74, 6) is 0.525. The molecule has 158 valence electrons. The quantitative estimate of drug-likeness (QED) is 0.673. The van der Waals surface area contributed by atoms with Gasteiger partial charge in [-0.25, -0.2) is 4.79 Å². The molecule has 1 aromatic heterocycles. The molecule has 1 amide bonds. The van der Waals surface area contributed by atoms with Crippen molar-refractivity contribution in [2.45, 2.75) is 44.4 Å². The fraction of sp³-hybridized carbons (Fsp3) is 0.435. The van der Waals surface area contributed by atoms with Gasteiger partial charge in [0.2, 0.25) is 11.8 Å². The topological polar surface area (TPSA) is 78.0 Å². The number of fused-ring (bicyclic) bond motifs is 2. The lowest BCUT2D eigenvalue weighted by Crippen LogP contribution is -2.48. The maximum Gasteiger partial charge on any atom is 0.410 e. The van der Waals surface area contributed by atoms with Crippen molar-refractivity contribution >= 4 is 11.9 Å². The molecule has 0 saturated carbocycles. The molecule has 2 aliphatic rings. The Morgan fingerprint density at radius 1 is 1.00 bits per heavy atom. The van der Waals surface area contributed by atoms with E-state index in [1.807, 2.05) is 35.2 Å². The van der Waals surface area contributed by atoms with Crippen LogP contribution in [0.4, 0.5) is 4.79 Å². The number of pyridine rings is 1. The highest BCUT2D eigenvalue weighted by Crippen LogP contribution is 2.41. The number of ether oxygens (including phenoxy) is 3. The van der Waals surface area contributed by atoms with Crippen LogP contribution in [0.15, 0.2) is 42.5 Å². The molecule has 7 nitrogen and oxygen atoms in total. The number of nitrogens with zero attached hydrogens (tertiary/aromatic N) is 2. The summed E-state index contributed by atoms with van der Waals surface area (Å²) in [5, 5.41) is 0. The molecule has 2 fully saturated rings. The summed E-state index contributed by atoms with van der Waals surface area (Å²) in [5.41, 5.74) is 1.42. The monoisotopic (exact) mass is 410 g/mol. The first kappa shape index (κ1) is 20.2. The van der Waals surface area contributed by atoms with Crippen molar-refractivity contribution in [3.63, 3.8) is 0 Å². The van der Waals surface area contributed by atoms with E-state index in [9.17, 15) is 9.59 Å². The Hall–Kier alpha value is -3.09. The van der Waals surface area contributed by atoms with Crippen LogP contribution in [0.5, 0.6) is 11.8 Å². The fourth-order valence-corrected chi connectivity index (χ4v) is 4.58. The maximum atomic E-state index is 13.2. The van der Waals surface area contributed by atoms with Crippen molar-refractivity contribution in [3.8, 4) is 11.8 Å². The Labute approximate surface area is 175 Å². The van der Waals surface area contributed by atoms with Crippen molar-refractivity contribution < 1.29 is 23.8 Å². The van der Waals surface area contributed by atoms with Crippen LogP contribution in [0.1, 0.15) is 41.6 Å². The van der Waals surface area contributed by atoms with Gasteiger partial charge in [-0.15, -0.1) is 0 Å². The number of amides is 1. The zero-order valence-corrected chi connectivity index (χ0v) is 17.2. The van der Waals surface area contributed by atoms with E-state index in [0.29, 0.717) is 24.3 Å². The second-order valence-corrected chi connectivity index (χ2v) is 7.78. The number of carbonyl (C=O) groups is 2. The van der Waals surface area contributed by atoms with Crippen molar-refractivity contribution in [2.75, 3.05) is 14.2 Å². The summed E-state index contributed by atoms with van der Waals surface area (Å²) >= 11 is 0. The highest BCUT2D eigenvalue weighted by Gasteiger charge is 2.46. The second kappa shape index (κ2) is 8.73. The van der Waals surface area contributed by atoms with E-state index in [-0.39, 0.29) is 42.4 Å². The zero-order chi connectivity index (χ0) is 21.1. The molecule has 0 N–H and O–H groups in total. The van der Waals surface area contributed by atoms with Gasteiger partial charge in [0.15, 0.2) is 5.78 Å². The first-order valence-corrected chi connectivity index (χ1v) is 10.2. The molecule has 2 saturated heterocycles. The summed E-state index contributed by atoms with van der Waals surface area (Å²) in [6.07, 6.45) is 2.76. The van der Waals surface area contributed by atoms with Crippen molar-refractivity contribution in [1.29, 1.82) is 0 Å². The lowest BCUT2D eigenvalue weighted by Gasteiger charge is -2.37. The predicted molar refractivity (Wildman–Crippen MR) is 110 cm³/mol. The van der Waals surface area contributed by atoms with Crippen LogP contribution in [0.3, 0.4) is 0 Å². The molecule has 3 heterocycles. The predicted octanol–water partition coefficient (Wildman–Crippen LogP) is 3.86. The van der Waals surface area contributed by atoms with E-state index in [1.165, 1.54) is 14.2 Å². The Balaban J connectivity index is 1.42. The third-order valence-corrected chi connectivity index (χ3v) is 6.02. The number of Topliss-reactive ketones (excluding diaryl/α,β-unsaturated/α-hetero) is 1. The summed E-state index contributed by atoms with van der Waals surface area (Å²) in [6, 6.07) is 13.1. The van der Waals surface area contributed by atoms with Gasteiger partial charge in [-0.2, -0.15) is 4.98 Å². The number of hydrogen-bond acceptors (Lipinski definition) is 6. The van der Waals surface area contributed by atoms with Gasteiger partial charge < -0.3 is 19.1 Å². The third kappa shape index (κ3) is 3.97. The van der Waals surface area contributed by atoms with Crippen molar-refractivity contribution in [1.82, 2.24) is 9.88 Å². The highest BCUT2D eigenvalue weighted by molar-refractivity contribution is 6.00. The molecule has 4 rings (SSSR count). The van der Waals surface area contributed by atoms with Crippen LogP contribution < -0.4 is 9.47 Å². The molecule has 2 unspecified atom stereocenters. The minimum atomic E-state index is -0.291. The van der Waals surface area contributed by atoms with Gasteiger partial charge in [-0.05, 0) is 37.3 Å². The number of ketones is 1. The standard InChI is InChI=1S/C23H26N2O5/c1-28-20-11-10-19(22(24-20)29-2)21(26)16-12-17-8-9-18(13-16)25(17)23(27)30-14-15-6-4-3-5-7-15/h3-7,10-11,16-18H,8-9,12-14H2,1-2H3. The molecular formula is C23H26N2O5. The van der Waals surface area contributed by atoms with Crippen LogP contribution in [-0.4, -0.2) is 48.1 Å². The molecule has 30 heavy (non-hydrogen) atoms. The van der Waals surface area contributed by atoms with Gasteiger partial charge in [0.05, 0.1) is 19.8 Å². The van der Waals surface area contributed by atoms with Gasteiger partial charge in [0.25, 0.3) is 0 Å². The zero-order valence-electron chi connectivity index (χ0n) is 17.2. The number of rotatable bonds is 6.